The minimum absolute atomic E-state index is 0.147. The average molecular weight is 308 g/mol. The van der Waals surface area contributed by atoms with E-state index >= 15 is 0 Å². The van der Waals surface area contributed by atoms with E-state index < -0.39 is 22.9 Å². The predicted octanol–water partition coefficient (Wildman–Crippen LogP) is 0.842. The Hall–Kier alpha value is -1.69. The first-order chi connectivity index (χ1) is 9.91. The van der Waals surface area contributed by atoms with E-state index in [-0.39, 0.29) is 17.9 Å². The van der Waals surface area contributed by atoms with E-state index in [2.05, 4.69) is 5.32 Å². The van der Waals surface area contributed by atoms with Crippen LogP contribution in [0.3, 0.4) is 0 Å². The number of carbonyl (C=O) groups is 2. The lowest BCUT2D eigenvalue weighted by Crippen LogP contribution is -2.61. The number of nitrogens with one attached hydrogen (secondary N) is 1. The molecule has 21 heavy (non-hydrogen) atoms. The average Bonchev–Trinajstić information content (AvgIpc) is 2.43. The van der Waals surface area contributed by atoms with Crippen molar-refractivity contribution in [2.24, 2.45) is 0 Å². The monoisotopic (exact) mass is 308 g/mol. The van der Waals surface area contributed by atoms with Gasteiger partial charge in [-0.15, -0.1) is 0 Å². The second-order valence-electron chi connectivity index (χ2n) is 5.36. The normalized spacial score (nSPS) is 25.4. The van der Waals surface area contributed by atoms with E-state index in [1.165, 1.54) is 0 Å². The molecule has 1 saturated heterocycles. The summed E-state index contributed by atoms with van der Waals surface area (Å²) in [6, 6.07) is 7.72. The molecule has 1 aromatic rings. The summed E-state index contributed by atoms with van der Waals surface area (Å²) in [7, 11) is -1.02. The molecule has 1 aromatic carbocycles. The Morgan fingerprint density at radius 1 is 1.29 bits per heavy atom. The van der Waals surface area contributed by atoms with Crippen LogP contribution in [0.1, 0.15) is 25.5 Å². The van der Waals surface area contributed by atoms with Crippen LogP contribution in [0.25, 0.3) is 0 Å². The van der Waals surface area contributed by atoms with Crippen LogP contribution in [-0.4, -0.2) is 45.0 Å². The Labute approximate surface area is 127 Å². The molecule has 0 aliphatic carbocycles. The van der Waals surface area contributed by atoms with Crippen LogP contribution >= 0.6 is 0 Å². The second kappa shape index (κ2) is 6.39. The Bertz CT molecular complexity index is 561. The molecule has 0 saturated carbocycles. The third kappa shape index (κ3) is 3.32. The molecule has 4 unspecified atom stereocenters. The van der Waals surface area contributed by atoms with Crippen molar-refractivity contribution < 1.29 is 13.8 Å². The topological polar surface area (TPSA) is 66.5 Å². The van der Waals surface area contributed by atoms with E-state index in [4.69, 9.17) is 0 Å². The van der Waals surface area contributed by atoms with E-state index in [1.807, 2.05) is 37.3 Å². The van der Waals surface area contributed by atoms with Gasteiger partial charge >= 0.3 is 0 Å². The first-order valence-electron chi connectivity index (χ1n) is 6.89. The largest absolute Gasteiger partial charge is 0.339 e. The smallest absolute Gasteiger partial charge is 0.250 e. The predicted molar refractivity (Wildman–Crippen MR) is 82.0 cm³/mol. The maximum atomic E-state index is 12.7. The van der Waals surface area contributed by atoms with Crippen molar-refractivity contribution in [2.75, 3.05) is 12.0 Å². The molecule has 114 valence electrons. The number of hydrogen-bond acceptors (Lipinski definition) is 3. The van der Waals surface area contributed by atoms with Crippen molar-refractivity contribution in [3.8, 4) is 0 Å². The van der Waals surface area contributed by atoms with Gasteiger partial charge in [-0.1, -0.05) is 30.3 Å². The van der Waals surface area contributed by atoms with Gasteiger partial charge in [0, 0.05) is 28.9 Å². The van der Waals surface area contributed by atoms with Gasteiger partial charge in [-0.3, -0.25) is 13.8 Å². The van der Waals surface area contributed by atoms with Crippen LogP contribution < -0.4 is 5.32 Å². The van der Waals surface area contributed by atoms with Gasteiger partial charge in [0.2, 0.25) is 5.91 Å². The highest BCUT2D eigenvalue weighted by molar-refractivity contribution is 7.84. The van der Waals surface area contributed by atoms with Crippen molar-refractivity contribution in [1.29, 1.82) is 0 Å². The molecule has 0 aromatic heterocycles. The molecule has 0 spiro atoms. The van der Waals surface area contributed by atoms with Crippen LogP contribution in [0.4, 0.5) is 0 Å². The quantitative estimate of drug-likeness (QED) is 0.896. The lowest BCUT2D eigenvalue weighted by atomic mass is 9.99. The highest BCUT2D eigenvalue weighted by Gasteiger charge is 2.41. The first kappa shape index (κ1) is 15.7. The van der Waals surface area contributed by atoms with Gasteiger partial charge in [-0.25, -0.2) is 0 Å². The van der Waals surface area contributed by atoms with Crippen molar-refractivity contribution >= 4 is 22.6 Å². The zero-order valence-electron chi connectivity index (χ0n) is 12.4. The molecule has 1 N–H and O–H groups in total. The number of nitrogens with zero attached hydrogens (tertiary/aromatic N) is 1. The van der Waals surface area contributed by atoms with Gasteiger partial charge in [0.05, 0.1) is 0 Å². The van der Waals surface area contributed by atoms with Crippen molar-refractivity contribution in [2.45, 2.75) is 32.0 Å². The van der Waals surface area contributed by atoms with Crippen molar-refractivity contribution in [1.82, 2.24) is 10.2 Å². The molecule has 0 bridgehead atoms. The van der Waals surface area contributed by atoms with E-state index in [0.29, 0.717) is 5.75 Å². The molecule has 5 nitrogen and oxygen atoms in total. The Morgan fingerprint density at radius 3 is 2.48 bits per heavy atom. The van der Waals surface area contributed by atoms with Crippen LogP contribution in [-0.2, 0) is 20.4 Å². The summed E-state index contributed by atoms with van der Waals surface area (Å²) in [5.41, 5.74) is 0.762. The van der Waals surface area contributed by atoms with E-state index in [0.717, 1.165) is 5.56 Å². The molecule has 1 aliphatic heterocycles. The van der Waals surface area contributed by atoms with Gasteiger partial charge in [0.15, 0.2) is 0 Å². The summed E-state index contributed by atoms with van der Waals surface area (Å²) < 4.78 is 11.4. The third-order valence-corrected chi connectivity index (χ3v) is 4.62. The summed E-state index contributed by atoms with van der Waals surface area (Å²) >= 11 is 0. The van der Waals surface area contributed by atoms with Crippen LogP contribution in [0.2, 0.25) is 0 Å². The summed E-state index contributed by atoms with van der Waals surface area (Å²) in [5, 5.41) is 2.76. The summed E-state index contributed by atoms with van der Waals surface area (Å²) in [5.74, 6) is 0.0358. The van der Waals surface area contributed by atoms with Gasteiger partial charge < -0.3 is 10.2 Å². The number of hydrogen-bond donors (Lipinski definition) is 1. The first-order valence-corrected chi connectivity index (χ1v) is 8.62. The number of carbonyl (C=O) groups excluding carboxylic acids is 2. The van der Waals surface area contributed by atoms with E-state index in [9.17, 15) is 13.8 Å². The Morgan fingerprint density at radius 2 is 1.90 bits per heavy atom. The Balaban J connectivity index is 2.29. The third-order valence-electron chi connectivity index (χ3n) is 3.67. The zero-order valence-corrected chi connectivity index (χ0v) is 13.2. The molecule has 1 aliphatic rings. The van der Waals surface area contributed by atoms with Crippen LogP contribution in [0.15, 0.2) is 30.3 Å². The van der Waals surface area contributed by atoms with E-state index in [1.54, 1.807) is 18.1 Å². The van der Waals surface area contributed by atoms with Gasteiger partial charge in [-0.05, 0) is 19.4 Å². The number of rotatable bonds is 4. The maximum absolute atomic E-state index is 12.7. The SMILES string of the molecule is CC(CS(C)=O)N1C(=O)C(c2ccccc2)NC(=O)C1C. The maximum Gasteiger partial charge on any atom is 0.250 e. The summed E-state index contributed by atoms with van der Waals surface area (Å²) in [6.45, 7) is 3.53. The van der Waals surface area contributed by atoms with Gasteiger partial charge in [-0.2, -0.15) is 0 Å². The number of benzene rings is 1. The molecule has 1 heterocycles. The molecule has 0 radical (unpaired) electrons. The molecule has 2 amide bonds. The van der Waals surface area contributed by atoms with Gasteiger partial charge in [0.1, 0.15) is 12.1 Å². The molecule has 6 heteroatoms. The highest BCUT2D eigenvalue weighted by Crippen LogP contribution is 2.24. The fourth-order valence-electron chi connectivity index (χ4n) is 2.68. The lowest BCUT2D eigenvalue weighted by molar-refractivity contribution is -0.150. The number of piperazine rings is 1. The molecular weight excluding hydrogens is 288 g/mol. The van der Waals surface area contributed by atoms with Crippen LogP contribution in [0.5, 0.6) is 0 Å². The lowest BCUT2D eigenvalue weighted by Gasteiger charge is -2.40. The molecule has 1 fully saturated rings. The standard InChI is InChI=1S/C15H20N2O3S/c1-10(9-21(3)20)17-11(2)14(18)16-13(15(17)19)12-7-5-4-6-8-12/h4-8,10-11,13H,9H2,1-3H3,(H,16,18). The van der Waals surface area contributed by atoms with Crippen molar-refractivity contribution in [3.63, 3.8) is 0 Å². The summed E-state index contributed by atoms with van der Waals surface area (Å²) in [4.78, 5) is 26.4. The zero-order chi connectivity index (χ0) is 15.6. The molecular formula is C15H20N2O3S. The molecule has 2 rings (SSSR count). The minimum Gasteiger partial charge on any atom is -0.339 e. The Kier molecular flexibility index (Phi) is 4.77. The fourth-order valence-corrected chi connectivity index (χ4v) is 3.52. The number of amides is 2. The van der Waals surface area contributed by atoms with Crippen LogP contribution in [0, 0.1) is 0 Å². The highest BCUT2D eigenvalue weighted by atomic mass is 32.2. The van der Waals surface area contributed by atoms with Crippen molar-refractivity contribution in [3.05, 3.63) is 35.9 Å². The molecule has 4 atom stereocenters. The fraction of sp³-hybridized carbons (Fsp3) is 0.467. The minimum atomic E-state index is -1.02. The summed E-state index contributed by atoms with van der Waals surface area (Å²) in [6.07, 6.45) is 1.60. The van der Waals surface area contributed by atoms with Gasteiger partial charge in [0.25, 0.3) is 5.91 Å². The second-order valence-corrected chi connectivity index (χ2v) is 6.84.